The highest BCUT2D eigenvalue weighted by Gasteiger charge is 2.33. The van der Waals surface area contributed by atoms with Crippen LogP contribution in [0.2, 0.25) is 0 Å². The first-order valence-corrected chi connectivity index (χ1v) is 11.2. The molecule has 0 atom stereocenters. The minimum absolute atomic E-state index is 0.0955. The summed E-state index contributed by atoms with van der Waals surface area (Å²) in [6.07, 6.45) is 1.82. The lowest BCUT2D eigenvalue weighted by Crippen LogP contribution is -2.28. The molecule has 4 rings (SSSR count). The van der Waals surface area contributed by atoms with Gasteiger partial charge in [0.2, 0.25) is 0 Å². The number of carboxylic acids is 1. The molecule has 1 heterocycles. The minimum atomic E-state index is -1.03. The highest BCUT2D eigenvalue weighted by molar-refractivity contribution is 8.18. The van der Waals surface area contributed by atoms with Gasteiger partial charge < -0.3 is 9.84 Å². The maximum Gasteiger partial charge on any atom is 0.341 e. The zero-order chi connectivity index (χ0) is 23.0. The Kier molecular flexibility index (Phi) is 7.22. The van der Waals surface area contributed by atoms with Gasteiger partial charge in [0, 0.05) is 0 Å². The number of hydrogen-bond donors (Lipinski definition) is 1. The molecule has 3 aromatic carbocycles. The average molecular weight is 459 g/mol. The molecular formula is C26H22N2O4S. The molecule has 33 heavy (non-hydrogen) atoms. The third-order valence-corrected chi connectivity index (χ3v) is 5.90. The van der Waals surface area contributed by atoms with Gasteiger partial charge >= 0.3 is 5.97 Å². The van der Waals surface area contributed by atoms with Crippen molar-refractivity contribution in [2.75, 3.05) is 6.61 Å². The molecule has 1 aliphatic heterocycles. The Hall–Kier alpha value is -3.84. The highest BCUT2D eigenvalue weighted by Crippen LogP contribution is 2.34. The van der Waals surface area contributed by atoms with Crippen molar-refractivity contribution >= 4 is 34.9 Å². The van der Waals surface area contributed by atoms with Crippen LogP contribution in [-0.4, -0.2) is 33.7 Å². The zero-order valence-corrected chi connectivity index (χ0v) is 18.6. The predicted molar refractivity (Wildman–Crippen MR) is 130 cm³/mol. The maximum absolute atomic E-state index is 13.2. The van der Waals surface area contributed by atoms with Gasteiger partial charge in [0.25, 0.3) is 5.91 Å². The van der Waals surface area contributed by atoms with Crippen LogP contribution in [0.5, 0.6) is 5.75 Å². The van der Waals surface area contributed by atoms with Gasteiger partial charge in [0.05, 0.1) is 18.0 Å². The lowest BCUT2D eigenvalue weighted by molar-refractivity contribution is -0.139. The Morgan fingerprint density at radius 3 is 2.21 bits per heavy atom. The summed E-state index contributed by atoms with van der Waals surface area (Å²) in [5.41, 5.74) is 2.92. The lowest BCUT2D eigenvalue weighted by Gasteiger charge is -2.15. The van der Waals surface area contributed by atoms with Crippen LogP contribution in [0.15, 0.2) is 94.8 Å². The van der Waals surface area contributed by atoms with Crippen LogP contribution >= 0.6 is 11.8 Å². The van der Waals surface area contributed by atoms with Crippen LogP contribution in [0.4, 0.5) is 0 Å². The number of amides is 1. The summed E-state index contributed by atoms with van der Waals surface area (Å²) in [5, 5.41) is 9.40. The summed E-state index contributed by atoms with van der Waals surface area (Å²) in [6, 6.07) is 26.7. The standard InChI is InChI=1S/C26H22N2O4S/c29-24(30)18-32-22-13-11-19(12-14-22)15-23-25(31)28(17-21-9-5-2-6-10-21)26(33-23)27-16-20-7-3-1-4-8-20/h1-15H,16-18H2,(H,29,30)/b23-15-,27-26?. The van der Waals surface area contributed by atoms with Gasteiger partial charge in [-0.25, -0.2) is 4.79 Å². The van der Waals surface area contributed by atoms with E-state index in [1.165, 1.54) is 11.8 Å². The maximum atomic E-state index is 13.2. The molecule has 1 fully saturated rings. The van der Waals surface area contributed by atoms with Crippen molar-refractivity contribution in [1.29, 1.82) is 0 Å². The van der Waals surface area contributed by atoms with Gasteiger partial charge in [-0.3, -0.25) is 14.7 Å². The van der Waals surface area contributed by atoms with E-state index in [0.29, 0.717) is 28.9 Å². The number of nitrogens with zero attached hydrogens (tertiary/aromatic N) is 2. The number of carbonyl (C=O) groups excluding carboxylic acids is 1. The van der Waals surface area contributed by atoms with Crippen LogP contribution in [0.1, 0.15) is 16.7 Å². The molecule has 7 heteroatoms. The molecule has 3 aromatic rings. The molecule has 0 aromatic heterocycles. The second kappa shape index (κ2) is 10.7. The number of benzene rings is 3. The van der Waals surface area contributed by atoms with E-state index in [0.717, 1.165) is 16.7 Å². The Bertz CT molecular complexity index is 1180. The monoisotopic (exact) mass is 458 g/mol. The molecule has 6 nitrogen and oxygen atoms in total. The van der Waals surface area contributed by atoms with Gasteiger partial charge in [0.15, 0.2) is 11.8 Å². The summed E-state index contributed by atoms with van der Waals surface area (Å²) >= 11 is 1.36. The van der Waals surface area contributed by atoms with Crippen molar-refractivity contribution in [1.82, 2.24) is 4.90 Å². The van der Waals surface area contributed by atoms with Gasteiger partial charge in [0.1, 0.15) is 5.75 Å². The Morgan fingerprint density at radius 1 is 0.939 bits per heavy atom. The number of aliphatic carboxylic acids is 1. The fraction of sp³-hybridized carbons (Fsp3) is 0.115. The van der Waals surface area contributed by atoms with E-state index in [1.807, 2.05) is 66.7 Å². The van der Waals surface area contributed by atoms with Gasteiger partial charge in [-0.05, 0) is 46.7 Å². The van der Waals surface area contributed by atoms with E-state index >= 15 is 0 Å². The number of aliphatic imine (C=N–C) groups is 1. The summed E-state index contributed by atoms with van der Waals surface area (Å²) in [7, 11) is 0. The second-order valence-electron chi connectivity index (χ2n) is 7.32. The Morgan fingerprint density at radius 2 is 1.58 bits per heavy atom. The van der Waals surface area contributed by atoms with Crippen molar-refractivity contribution in [3.8, 4) is 5.75 Å². The van der Waals surface area contributed by atoms with Gasteiger partial charge in [-0.15, -0.1) is 0 Å². The Balaban J connectivity index is 1.56. The van der Waals surface area contributed by atoms with Crippen LogP contribution in [0.25, 0.3) is 6.08 Å². The SMILES string of the molecule is O=C(O)COc1ccc(/C=C2\SC(=NCc3ccccc3)N(Cc3ccccc3)C2=O)cc1. The van der Waals surface area contributed by atoms with Crippen molar-refractivity contribution in [3.63, 3.8) is 0 Å². The topological polar surface area (TPSA) is 79.2 Å². The third kappa shape index (κ3) is 6.11. The molecule has 1 N–H and O–H groups in total. The largest absolute Gasteiger partial charge is 0.482 e. The van der Waals surface area contributed by atoms with Crippen molar-refractivity contribution in [2.24, 2.45) is 4.99 Å². The quantitative estimate of drug-likeness (QED) is 0.490. The number of carbonyl (C=O) groups is 2. The molecule has 1 amide bonds. The number of hydrogen-bond acceptors (Lipinski definition) is 5. The van der Waals surface area contributed by atoms with Crippen molar-refractivity contribution < 1.29 is 19.4 Å². The number of carboxylic acid groups (broad SMARTS) is 1. The van der Waals surface area contributed by atoms with Crippen molar-refractivity contribution in [2.45, 2.75) is 13.1 Å². The normalized spacial score (nSPS) is 15.9. The van der Waals surface area contributed by atoms with Crippen LogP contribution in [-0.2, 0) is 22.7 Å². The molecule has 1 aliphatic rings. The van der Waals surface area contributed by atoms with E-state index in [2.05, 4.69) is 0 Å². The summed E-state index contributed by atoms with van der Waals surface area (Å²) in [6.45, 7) is 0.536. The first-order valence-electron chi connectivity index (χ1n) is 10.4. The lowest BCUT2D eigenvalue weighted by atomic mass is 10.2. The summed E-state index contributed by atoms with van der Waals surface area (Å²) in [5.74, 6) is -0.669. The van der Waals surface area contributed by atoms with Crippen LogP contribution in [0, 0.1) is 0 Å². The number of amidine groups is 1. The number of ether oxygens (including phenoxy) is 1. The third-order valence-electron chi connectivity index (χ3n) is 4.85. The molecule has 1 saturated heterocycles. The molecule has 166 valence electrons. The Labute approximate surface area is 196 Å². The molecule has 0 saturated carbocycles. The van der Waals surface area contributed by atoms with E-state index in [-0.39, 0.29) is 5.91 Å². The van der Waals surface area contributed by atoms with E-state index in [4.69, 9.17) is 14.8 Å². The van der Waals surface area contributed by atoms with Gasteiger partial charge in [-0.1, -0.05) is 72.8 Å². The van der Waals surface area contributed by atoms with E-state index in [1.54, 1.807) is 29.2 Å². The smallest absolute Gasteiger partial charge is 0.341 e. The van der Waals surface area contributed by atoms with Crippen molar-refractivity contribution in [3.05, 3.63) is 107 Å². The first kappa shape index (κ1) is 22.4. The predicted octanol–water partition coefficient (Wildman–Crippen LogP) is 4.82. The van der Waals surface area contributed by atoms with E-state index < -0.39 is 12.6 Å². The van der Waals surface area contributed by atoms with Crippen LogP contribution in [0.3, 0.4) is 0 Å². The van der Waals surface area contributed by atoms with E-state index in [9.17, 15) is 9.59 Å². The molecular weight excluding hydrogens is 436 g/mol. The fourth-order valence-electron chi connectivity index (χ4n) is 3.23. The second-order valence-corrected chi connectivity index (χ2v) is 8.33. The summed E-state index contributed by atoms with van der Waals surface area (Å²) in [4.78, 5) is 30.9. The zero-order valence-electron chi connectivity index (χ0n) is 17.8. The molecule has 0 radical (unpaired) electrons. The fourth-order valence-corrected chi connectivity index (χ4v) is 4.21. The van der Waals surface area contributed by atoms with Gasteiger partial charge in [-0.2, -0.15) is 0 Å². The molecule has 0 aliphatic carbocycles. The first-order chi connectivity index (χ1) is 16.1. The number of thioether (sulfide) groups is 1. The summed E-state index contributed by atoms with van der Waals surface area (Å²) < 4.78 is 5.17. The molecule has 0 unspecified atom stereocenters. The molecule has 0 bridgehead atoms. The average Bonchev–Trinajstić information content (AvgIpc) is 3.12. The highest BCUT2D eigenvalue weighted by atomic mass is 32.2. The minimum Gasteiger partial charge on any atom is -0.482 e. The molecule has 0 spiro atoms. The van der Waals surface area contributed by atoms with Crippen LogP contribution < -0.4 is 4.74 Å². The number of rotatable bonds is 8.